The topological polar surface area (TPSA) is 63.0 Å². The van der Waals surface area contributed by atoms with Crippen LogP contribution in [0.15, 0.2) is 22.8 Å². The molecule has 1 aliphatic heterocycles. The third-order valence-electron chi connectivity index (χ3n) is 1.56. The number of carbonyl (C=O) groups is 1. The molecule has 4 nitrogen and oxygen atoms in total. The summed E-state index contributed by atoms with van der Waals surface area (Å²) < 4.78 is 9.78. The van der Waals surface area contributed by atoms with Gasteiger partial charge in [0.2, 0.25) is 0 Å². The van der Waals surface area contributed by atoms with E-state index in [-0.39, 0.29) is 6.10 Å². The molecule has 0 amide bonds. The first-order chi connectivity index (χ1) is 5.29. The van der Waals surface area contributed by atoms with Crippen LogP contribution in [0.5, 0.6) is 0 Å². The highest BCUT2D eigenvalue weighted by atomic mass is 16.6. The van der Waals surface area contributed by atoms with Crippen molar-refractivity contribution < 1.29 is 19.1 Å². The SMILES string of the molecule is O=C(O)C1OC1c1ccco1. The third kappa shape index (κ3) is 1.01. The quantitative estimate of drug-likeness (QED) is 0.640. The van der Waals surface area contributed by atoms with Crippen LogP contribution in [-0.2, 0) is 9.53 Å². The smallest absolute Gasteiger partial charge is 0.336 e. The summed E-state index contributed by atoms with van der Waals surface area (Å²) in [7, 11) is 0. The van der Waals surface area contributed by atoms with Gasteiger partial charge in [-0.2, -0.15) is 0 Å². The van der Waals surface area contributed by atoms with Gasteiger partial charge < -0.3 is 14.3 Å². The number of ether oxygens (including phenoxy) is 1. The van der Waals surface area contributed by atoms with Crippen LogP contribution in [0.25, 0.3) is 0 Å². The molecule has 58 valence electrons. The first kappa shape index (κ1) is 6.42. The van der Waals surface area contributed by atoms with Crippen LogP contribution < -0.4 is 0 Å². The van der Waals surface area contributed by atoms with Crippen molar-refractivity contribution in [1.29, 1.82) is 0 Å². The largest absolute Gasteiger partial charge is 0.479 e. The van der Waals surface area contributed by atoms with Crippen molar-refractivity contribution in [2.24, 2.45) is 0 Å². The van der Waals surface area contributed by atoms with Gasteiger partial charge in [-0.15, -0.1) is 0 Å². The van der Waals surface area contributed by atoms with Gasteiger partial charge in [0.05, 0.1) is 6.26 Å². The maximum absolute atomic E-state index is 10.3. The zero-order valence-corrected chi connectivity index (χ0v) is 5.56. The average Bonchev–Trinajstić information content (AvgIpc) is 2.60. The number of epoxide rings is 1. The van der Waals surface area contributed by atoms with Crippen molar-refractivity contribution in [2.45, 2.75) is 12.2 Å². The number of hydrogen-bond donors (Lipinski definition) is 1. The molecule has 0 radical (unpaired) electrons. The van der Waals surface area contributed by atoms with E-state index >= 15 is 0 Å². The second-order valence-corrected chi connectivity index (χ2v) is 2.33. The Kier molecular flexibility index (Phi) is 1.22. The monoisotopic (exact) mass is 154 g/mol. The van der Waals surface area contributed by atoms with Crippen LogP contribution in [0.3, 0.4) is 0 Å². The van der Waals surface area contributed by atoms with Gasteiger partial charge in [-0.1, -0.05) is 0 Å². The van der Waals surface area contributed by atoms with E-state index in [9.17, 15) is 4.79 Å². The lowest BCUT2D eigenvalue weighted by Gasteiger charge is -1.83. The predicted octanol–water partition coefficient (Wildman–Crippen LogP) is 0.804. The first-order valence-electron chi connectivity index (χ1n) is 3.20. The van der Waals surface area contributed by atoms with E-state index in [0.717, 1.165) is 0 Å². The standard InChI is InChI=1S/C7H6O4/c8-7(9)6-5(11-6)4-2-1-3-10-4/h1-3,5-6H,(H,8,9). The van der Waals surface area contributed by atoms with Gasteiger partial charge in [0.25, 0.3) is 0 Å². The number of carboxylic acid groups (broad SMARTS) is 1. The lowest BCUT2D eigenvalue weighted by molar-refractivity contribution is -0.138. The van der Waals surface area contributed by atoms with Crippen molar-refractivity contribution in [1.82, 2.24) is 0 Å². The molecule has 1 N–H and O–H groups in total. The van der Waals surface area contributed by atoms with Gasteiger partial charge >= 0.3 is 5.97 Å². The van der Waals surface area contributed by atoms with Gasteiger partial charge in [-0.05, 0) is 12.1 Å². The molecule has 1 aromatic rings. The summed E-state index contributed by atoms with van der Waals surface area (Å²) in [5.74, 6) is -0.358. The number of hydrogen-bond acceptors (Lipinski definition) is 3. The Morgan fingerprint density at radius 2 is 2.45 bits per heavy atom. The van der Waals surface area contributed by atoms with E-state index in [1.807, 2.05) is 0 Å². The van der Waals surface area contributed by atoms with Crippen molar-refractivity contribution in [2.75, 3.05) is 0 Å². The molecular weight excluding hydrogens is 148 g/mol. The number of furan rings is 1. The molecule has 2 unspecified atom stereocenters. The molecule has 1 saturated heterocycles. The Bertz CT molecular complexity index is 264. The van der Waals surface area contributed by atoms with Gasteiger partial charge in [0.1, 0.15) is 5.76 Å². The minimum Gasteiger partial charge on any atom is -0.479 e. The van der Waals surface area contributed by atoms with Crippen molar-refractivity contribution in [3.05, 3.63) is 24.2 Å². The minimum atomic E-state index is -0.939. The fourth-order valence-electron chi connectivity index (χ4n) is 0.970. The van der Waals surface area contributed by atoms with E-state index in [1.165, 1.54) is 6.26 Å². The molecule has 4 heteroatoms. The maximum atomic E-state index is 10.3. The summed E-state index contributed by atoms with van der Waals surface area (Å²) in [6.45, 7) is 0. The molecule has 11 heavy (non-hydrogen) atoms. The molecule has 0 spiro atoms. The normalized spacial score (nSPS) is 28.4. The number of aliphatic carboxylic acids is 1. The fourth-order valence-corrected chi connectivity index (χ4v) is 0.970. The van der Waals surface area contributed by atoms with Crippen LogP contribution >= 0.6 is 0 Å². The van der Waals surface area contributed by atoms with Crippen LogP contribution in [0.1, 0.15) is 11.9 Å². The molecule has 1 aromatic heterocycles. The summed E-state index contributed by atoms with van der Waals surface area (Å²) in [5.41, 5.74) is 0. The lowest BCUT2D eigenvalue weighted by Crippen LogP contribution is -2.04. The average molecular weight is 154 g/mol. The highest BCUT2D eigenvalue weighted by Crippen LogP contribution is 2.38. The summed E-state index contributed by atoms with van der Waals surface area (Å²) in [5, 5.41) is 8.46. The van der Waals surface area contributed by atoms with E-state index in [0.29, 0.717) is 5.76 Å². The molecule has 1 aliphatic rings. The molecule has 1 fully saturated rings. The van der Waals surface area contributed by atoms with Crippen LogP contribution in [-0.4, -0.2) is 17.2 Å². The third-order valence-corrected chi connectivity index (χ3v) is 1.56. The molecule has 0 bridgehead atoms. The van der Waals surface area contributed by atoms with E-state index < -0.39 is 12.1 Å². The molecule has 2 atom stereocenters. The van der Waals surface area contributed by atoms with Crippen molar-refractivity contribution in [3.8, 4) is 0 Å². The Balaban J connectivity index is 2.08. The second-order valence-electron chi connectivity index (χ2n) is 2.33. The van der Waals surface area contributed by atoms with E-state index in [4.69, 9.17) is 14.3 Å². The van der Waals surface area contributed by atoms with Crippen molar-refractivity contribution >= 4 is 5.97 Å². The zero-order valence-electron chi connectivity index (χ0n) is 5.56. The first-order valence-corrected chi connectivity index (χ1v) is 3.20. The van der Waals surface area contributed by atoms with Gasteiger partial charge in [0.15, 0.2) is 12.2 Å². The van der Waals surface area contributed by atoms with Gasteiger partial charge in [0, 0.05) is 0 Å². The van der Waals surface area contributed by atoms with Crippen LogP contribution in [0.2, 0.25) is 0 Å². The van der Waals surface area contributed by atoms with Crippen molar-refractivity contribution in [3.63, 3.8) is 0 Å². The minimum absolute atomic E-state index is 0.373. The van der Waals surface area contributed by atoms with Crippen LogP contribution in [0.4, 0.5) is 0 Å². The van der Waals surface area contributed by atoms with Gasteiger partial charge in [-0.25, -0.2) is 4.79 Å². The number of carboxylic acids is 1. The van der Waals surface area contributed by atoms with E-state index in [2.05, 4.69) is 0 Å². The summed E-state index contributed by atoms with van der Waals surface area (Å²) in [6.07, 6.45) is 0.416. The Morgan fingerprint density at radius 1 is 1.64 bits per heavy atom. The second kappa shape index (κ2) is 2.10. The zero-order chi connectivity index (χ0) is 7.84. The maximum Gasteiger partial charge on any atom is 0.336 e. The Labute approximate surface area is 62.4 Å². The Hall–Kier alpha value is -1.29. The molecular formula is C7H6O4. The summed E-state index contributed by atoms with van der Waals surface area (Å²) >= 11 is 0. The molecule has 2 heterocycles. The molecule has 0 aliphatic carbocycles. The summed E-state index contributed by atoms with van der Waals surface area (Å²) in [6, 6.07) is 3.41. The van der Waals surface area contributed by atoms with Crippen LogP contribution in [0, 0.1) is 0 Å². The Morgan fingerprint density at radius 3 is 2.91 bits per heavy atom. The fraction of sp³-hybridized carbons (Fsp3) is 0.286. The highest BCUT2D eigenvalue weighted by molar-refractivity contribution is 5.76. The molecule has 0 saturated carbocycles. The predicted molar refractivity (Wildman–Crippen MR) is 34.0 cm³/mol. The molecule has 0 aromatic carbocycles. The summed E-state index contributed by atoms with van der Waals surface area (Å²) in [4.78, 5) is 10.3. The lowest BCUT2D eigenvalue weighted by atomic mass is 10.2. The number of rotatable bonds is 2. The van der Waals surface area contributed by atoms with Gasteiger partial charge in [-0.3, -0.25) is 0 Å². The molecule has 2 rings (SSSR count). The van der Waals surface area contributed by atoms with E-state index in [1.54, 1.807) is 12.1 Å². The highest BCUT2D eigenvalue weighted by Gasteiger charge is 2.48.